The molecule has 0 radical (unpaired) electrons. The van der Waals surface area contributed by atoms with Crippen molar-refractivity contribution in [3.8, 4) is 0 Å². The van der Waals surface area contributed by atoms with Crippen LogP contribution in [0.25, 0.3) is 0 Å². The van der Waals surface area contributed by atoms with Crippen LogP contribution in [-0.2, 0) is 0 Å². The lowest BCUT2D eigenvalue weighted by molar-refractivity contribution is 0.0711. The Morgan fingerprint density at radius 1 is 1.47 bits per heavy atom. The molecule has 0 atom stereocenters. The average Bonchev–Trinajstić information content (AvgIpc) is 2.75. The van der Waals surface area contributed by atoms with E-state index >= 15 is 0 Å². The molecule has 17 heavy (non-hydrogen) atoms. The van der Waals surface area contributed by atoms with Crippen molar-refractivity contribution in [1.82, 2.24) is 10.2 Å². The van der Waals surface area contributed by atoms with Crippen LogP contribution in [0.1, 0.15) is 28.1 Å². The Kier molecular flexibility index (Phi) is 5.43. The highest BCUT2D eigenvalue weighted by atomic mass is 35.5. The highest BCUT2D eigenvalue weighted by Crippen LogP contribution is 2.20. The Morgan fingerprint density at radius 2 is 2.12 bits per heavy atom. The third-order valence-corrected chi connectivity index (χ3v) is 4.25. The number of halogens is 1. The number of likely N-dealkylation sites (tertiary alicyclic amines) is 1. The highest BCUT2D eigenvalue weighted by molar-refractivity contribution is 7.12. The minimum atomic E-state index is 0. The van der Waals surface area contributed by atoms with Gasteiger partial charge >= 0.3 is 0 Å². The van der Waals surface area contributed by atoms with Crippen molar-refractivity contribution in [3.63, 3.8) is 0 Å². The second kappa shape index (κ2) is 6.38. The summed E-state index contributed by atoms with van der Waals surface area (Å²) in [4.78, 5) is 15.1. The number of rotatable bonds is 2. The molecular weight excluding hydrogens is 256 g/mol. The summed E-state index contributed by atoms with van der Waals surface area (Å²) >= 11 is 1.55. The van der Waals surface area contributed by atoms with Crippen LogP contribution in [0.15, 0.2) is 11.4 Å². The Hall–Kier alpha value is -0.580. The fourth-order valence-electron chi connectivity index (χ4n) is 2.11. The van der Waals surface area contributed by atoms with Crippen LogP contribution in [-0.4, -0.2) is 37.0 Å². The summed E-state index contributed by atoms with van der Waals surface area (Å²) in [6.07, 6.45) is 2.12. The van der Waals surface area contributed by atoms with Crippen molar-refractivity contribution in [2.24, 2.45) is 0 Å². The molecule has 0 unspecified atom stereocenters. The Bertz CT molecular complexity index is 372. The van der Waals surface area contributed by atoms with Crippen LogP contribution in [0.3, 0.4) is 0 Å². The summed E-state index contributed by atoms with van der Waals surface area (Å²) in [6.45, 7) is 3.76. The first-order chi connectivity index (χ1) is 7.72. The van der Waals surface area contributed by atoms with Crippen molar-refractivity contribution in [3.05, 3.63) is 21.9 Å². The first-order valence-electron chi connectivity index (χ1n) is 5.73. The van der Waals surface area contributed by atoms with Crippen LogP contribution in [0.2, 0.25) is 0 Å². The number of piperidine rings is 1. The fourth-order valence-corrected chi connectivity index (χ4v) is 3.00. The Balaban J connectivity index is 0.00000144. The van der Waals surface area contributed by atoms with Gasteiger partial charge in [0.2, 0.25) is 0 Å². The Labute approximate surface area is 113 Å². The van der Waals surface area contributed by atoms with E-state index in [0.717, 1.165) is 36.4 Å². The molecule has 5 heteroatoms. The van der Waals surface area contributed by atoms with Gasteiger partial charge in [-0.05, 0) is 43.8 Å². The normalized spacial score (nSPS) is 16.7. The molecule has 0 bridgehead atoms. The molecule has 1 aromatic rings. The van der Waals surface area contributed by atoms with Crippen LogP contribution in [0, 0.1) is 6.92 Å². The maximum Gasteiger partial charge on any atom is 0.264 e. The van der Waals surface area contributed by atoms with E-state index in [1.807, 2.05) is 30.3 Å². The van der Waals surface area contributed by atoms with Gasteiger partial charge in [0.15, 0.2) is 0 Å². The molecular formula is C12H19ClN2OS. The molecule has 1 aliphatic rings. The summed E-state index contributed by atoms with van der Waals surface area (Å²) in [7, 11) is 1.99. The number of aryl methyl sites for hydroxylation is 1. The zero-order valence-electron chi connectivity index (χ0n) is 10.2. The van der Waals surface area contributed by atoms with Crippen molar-refractivity contribution in [1.29, 1.82) is 0 Å². The van der Waals surface area contributed by atoms with E-state index in [4.69, 9.17) is 0 Å². The van der Waals surface area contributed by atoms with E-state index < -0.39 is 0 Å². The van der Waals surface area contributed by atoms with Crippen LogP contribution >= 0.6 is 23.7 Å². The Morgan fingerprint density at radius 3 is 2.59 bits per heavy atom. The van der Waals surface area contributed by atoms with Crippen LogP contribution < -0.4 is 5.32 Å². The summed E-state index contributed by atoms with van der Waals surface area (Å²) in [6, 6.07) is 2.59. The first kappa shape index (κ1) is 14.5. The third-order valence-electron chi connectivity index (χ3n) is 3.25. The number of thiophene rings is 1. The molecule has 2 heterocycles. The van der Waals surface area contributed by atoms with E-state index in [1.165, 1.54) is 0 Å². The topological polar surface area (TPSA) is 32.3 Å². The number of nitrogens with zero attached hydrogens (tertiary/aromatic N) is 1. The van der Waals surface area contributed by atoms with Gasteiger partial charge < -0.3 is 10.2 Å². The molecule has 1 fully saturated rings. The molecule has 1 aromatic heterocycles. The molecule has 1 saturated heterocycles. The molecule has 3 nitrogen and oxygen atoms in total. The molecule has 1 amide bonds. The lowest BCUT2D eigenvalue weighted by Crippen LogP contribution is -2.43. The zero-order chi connectivity index (χ0) is 11.5. The van der Waals surface area contributed by atoms with Gasteiger partial charge in [0.1, 0.15) is 0 Å². The van der Waals surface area contributed by atoms with Gasteiger partial charge in [-0.1, -0.05) is 0 Å². The molecule has 0 saturated carbocycles. The van der Waals surface area contributed by atoms with Gasteiger partial charge in [0.05, 0.1) is 4.88 Å². The maximum atomic E-state index is 12.2. The summed E-state index contributed by atoms with van der Waals surface area (Å²) in [5.41, 5.74) is 1.10. The average molecular weight is 275 g/mol. The lowest BCUT2D eigenvalue weighted by atomic mass is 10.1. The second-order valence-electron chi connectivity index (χ2n) is 4.29. The summed E-state index contributed by atoms with van der Waals surface area (Å²) in [5.74, 6) is 0.210. The zero-order valence-corrected chi connectivity index (χ0v) is 11.9. The van der Waals surface area contributed by atoms with E-state index in [-0.39, 0.29) is 18.3 Å². The van der Waals surface area contributed by atoms with Gasteiger partial charge in [-0.3, -0.25) is 4.79 Å². The summed E-state index contributed by atoms with van der Waals surface area (Å²) < 4.78 is 0. The molecule has 0 aromatic carbocycles. The number of hydrogen-bond acceptors (Lipinski definition) is 3. The molecule has 0 aliphatic carbocycles. The largest absolute Gasteiger partial charge is 0.338 e. The minimum Gasteiger partial charge on any atom is -0.338 e. The van der Waals surface area contributed by atoms with Crippen molar-refractivity contribution in [2.45, 2.75) is 25.8 Å². The number of carbonyl (C=O) groups excluding carboxylic acids is 1. The van der Waals surface area contributed by atoms with E-state index in [1.54, 1.807) is 11.3 Å². The SMILES string of the molecule is CNC1CCN(C(=O)c2sccc2C)CC1.Cl. The van der Waals surface area contributed by atoms with Crippen molar-refractivity contribution in [2.75, 3.05) is 20.1 Å². The molecule has 2 rings (SSSR count). The fraction of sp³-hybridized carbons (Fsp3) is 0.583. The van der Waals surface area contributed by atoms with Gasteiger partial charge in [-0.15, -0.1) is 23.7 Å². The first-order valence-corrected chi connectivity index (χ1v) is 6.61. The van der Waals surface area contributed by atoms with Crippen molar-refractivity contribution < 1.29 is 4.79 Å². The van der Waals surface area contributed by atoms with Gasteiger partial charge in [0, 0.05) is 19.1 Å². The van der Waals surface area contributed by atoms with Crippen molar-refractivity contribution >= 4 is 29.7 Å². The predicted molar refractivity (Wildman–Crippen MR) is 74.3 cm³/mol. The van der Waals surface area contributed by atoms with Crippen LogP contribution in [0.4, 0.5) is 0 Å². The second-order valence-corrected chi connectivity index (χ2v) is 5.20. The van der Waals surface area contributed by atoms with Gasteiger partial charge in [-0.25, -0.2) is 0 Å². The molecule has 96 valence electrons. The molecule has 1 N–H and O–H groups in total. The quantitative estimate of drug-likeness (QED) is 0.898. The lowest BCUT2D eigenvalue weighted by Gasteiger charge is -2.31. The third kappa shape index (κ3) is 3.21. The smallest absolute Gasteiger partial charge is 0.264 e. The van der Waals surface area contributed by atoms with Crippen LogP contribution in [0.5, 0.6) is 0 Å². The van der Waals surface area contributed by atoms with Gasteiger partial charge in [-0.2, -0.15) is 0 Å². The maximum absolute atomic E-state index is 12.2. The standard InChI is InChI=1S/C12H18N2OS.ClH/c1-9-5-8-16-11(9)12(15)14-6-3-10(13-2)4-7-14;/h5,8,10,13H,3-4,6-7H2,1-2H3;1H. The van der Waals surface area contributed by atoms with E-state index in [0.29, 0.717) is 6.04 Å². The summed E-state index contributed by atoms with van der Waals surface area (Å²) in [5, 5.41) is 5.26. The number of carbonyl (C=O) groups is 1. The minimum absolute atomic E-state index is 0. The predicted octanol–water partition coefficient (Wildman–Crippen LogP) is 2.30. The molecule has 1 aliphatic heterocycles. The highest BCUT2D eigenvalue weighted by Gasteiger charge is 2.24. The number of nitrogens with one attached hydrogen (secondary N) is 1. The van der Waals surface area contributed by atoms with E-state index in [2.05, 4.69) is 5.32 Å². The molecule has 0 spiro atoms. The van der Waals surface area contributed by atoms with Gasteiger partial charge in [0.25, 0.3) is 5.91 Å². The number of amides is 1. The monoisotopic (exact) mass is 274 g/mol. The van der Waals surface area contributed by atoms with E-state index in [9.17, 15) is 4.79 Å². The number of hydrogen-bond donors (Lipinski definition) is 1.